The van der Waals surface area contributed by atoms with E-state index in [9.17, 15) is 23.1 Å². The minimum Gasteiger partial charge on any atom is -0.846 e. The molecule has 0 saturated heterocycles. The first kappa shape index (κ1) is 25.7. The van der Waals surface area contributed by atoms with E-state index in [-0.39, 0.29) is 40.4 Å². The van der Waals surface area contributed by atoms with Gasteiger partial charge >= 0.3 is 29.6 Å². The normalized spacial score (nSPS) is 20.4. The first-order valence-corrected chi connectivity index (χ1v) is 9.67. The standard InChI is InChI=1S/C11H18N2O3.C6H6O3S.Na/c1-4-6-7(3)11(5-2)8(14)12-10(16)13-9(11)15;7-10(8,9)6-4-2-1-3-5-6;/h7H,4-6H2,1-3H3,(H2,12,13,14,15,16);1-5H,(H,7,8,9);/q;;+1/p-1. The zero-order valence-electron chi connectivity index (χ0n) is 15.9. The Labute approximate surface area is 181 Å². The Hall–Kier alpha value is -1.26. The van der Waals surface area contributed by atoms with Crippen molar-refractivity contribution in [1.29, 1.82) is 0 Å². The molecule has 1 aliphatic rings. The molecule has 1 aromatic rings. The average molecular weight is 406 g/mol. The molecule has 1 aromatic carbocycles. The number of carbonyl (C=O) groups excluding carboxylic acids is 2. The number of hydrogen-bond acceptors (Lipinski definition) is 5. The van der Waals surface area contributed by atoms with Crippen LogP contribution in [0.2, 0.25) is 0 Å². The van der Waals surface area contributed by atoms with Crippen LogP contribution in [0.1, 0.15) is 40.0 Å². The van der Waals surface area contributed by atoms with Crippen molar-refractivity contribution in [3.8, 4) is 0 Å². The first-order valence-electron chi connectivity index (χ1n) is 8.23. The topological polar surface area (TPSA) is 136 Å². The summed E-state index contributed by atoms with van der Waals surface area (Å²) in [6.45, 7) is 5.62. The van der Waals surface area contributed by atoms with Crippen molar-refractivity contribution in [2.75, 3.05) is 0 Å². The van der Waals surface area contributed by atoms with Gasteiger partial charge in [-0.3, -0.25) is 14.1 Å². The van der Waals surface area contributed by atoms with E-state index in [0.717, 1.165) is 12.8 Å². The fourth-order valence-electron chi connectivity index (χ4n) is 2.89. The predicted molar refractivity (Wildman–Crippen MR) is 93.6 cm³/mol. The molecule has 0 saturated carbocycles. The summed E-state index contributed by atoms with van der Waals surface area (Å²) in [6, 6.07) is 6.58. The summed E-state index contributed by atoms with van der Waals surface area (Å²) in [6.07, 6.45) is 2.02. The van der Waals surface area contributed by atoms with E-state index < -0.39 is 33.4 Å². The zero-order chi connectivity index (χ0) is 20.0. The maximum absolute atomic E-state index is 11.9. The fraction of sp³-hybridized carbons (Fsp3) is 0.471. The Morgan fingerprint density at radius 3 is 2.15 bits per heavy atom. The molecule has 27 heavy (non-hydrogen) atoms. The van der Waals surface area contributed by atoms with Crippen molar-refractivity contribution >= 4 is 28.0 Å². The van der Waals surface area contributed by atoms with Gasteiger partial charge < -0.3 is 10.4 Å². The Kier molecular flexibility index (Phi) is 10.4. The van der Waals surface area contributed by atoms with Crippen LogP contribution in [0.4, 0.5) is 0 Å². The summed E-state index contributed by atoms with van der Waals surface area (Å²) in [5.74, 6) is -1.20. The van der Waals surface area contributed by atoms with E-state index in [0.29, 0.717) is 6.42 Å². The van der Waals surface area contributed by atoms with Crippen LogP contribution in [0.5, 0.6) is 0 Å². The molecule has 1 heterocycles. The van der Waals surface area contributed by atoms with Crippen molar-refractivity contribution in [2.45, 2.75) is 44.9 Å². The van der Waals surface area contributed by atoms with Gasteiger partial charge in [0.1, 0.15) is 5.41 Å². The molecule has 8 nitrogen and oxygen atoms in total. The van der Waals surface area contributed by atoms with Crippen molar-refractivity contribution in [1.82, 2.24) is 5.32 Å². The predicted octanol–water partition coefficient (Wildman–Crippen LogP) is -1.87. The van der Waals surface area contributed by atoms with Gasteiger partial charge in [0.2, 0.25) is 5.91 Å². The number of hydrogen-bond donors (Lipinski definition) is 2. The van der Waals surface area contributed by atoms with Gasteiger partial charge in [0.15, 0.2) is 0 Å². The summed E-state index contributed by atoms with van der Waals surface area (Å²) in [5.41, 5.74) is -1.15. The SMILES string of the molecule is CCCC(C)C1(CC)C(=O)N=C([O-])NC1=O.O=S(=O)(O)c1ccccc1.[Na+]. The molecule has 1 aliphatic heterocycles. The van der Waals surface area contributed by atoms with E-state index in [1.54, 1.807) is 25.1 Å². The zero-order valence-corrected chi connectivity index (χ0v) is 18.7. The monoisotopic (exact) mass is 406 g/mol. The molecule has 2 amide bonds. The summed E-state index contributed by atoms with van der Waals surface area (Å²) in [4.78, 5) is 27.0. The van der Waals surface area contributed by atoms with Crippen molar-refractivity contribution in [3.63, 3.8) is 0 Å². The van der Waals surface area contributed by atoms with Crippen LogP contribution < -0.4 is 40.0 Å². The molecule has 0 fully saturated rings. The molecular weight excluding hydrogens is 383 g/mol. The summed E-state index contributed by atoms with van der Waals surface area (Å²) < 4.78 is 29.2. The summed E-state index contributed by atoms with van der Waals surface area (Å²) in [5, 5.41) is 13.1. The molecule has 2 rings (SSSR count). The maximum atomic E-state index is 11.9. The number of aliphatic imine (C=N–C) groups is 1. The molecule has 0 aliphatic carbocycles. The Bertz CT molecular complexity index is 782. The van der Waals surface area contributed by atoms with Crippen LogP contribution in [0.15, 0.2) is 40.2 Å². The second-order valence-electron chi connectivity index (χ2n) is 5.98. The summed E-state index contributed by atoms with van der Waals surface area (Å²) in [7, 11) is -4.00. The first-order chi connectivity index (χ1) is 12.1. The molecule has 0 bridgehead atoms. The van der Waals surface area contributed by atoms with Crippen molar-refractivity contribution in [2.24, 2.45) is 16.3 Å². The molecule has 2 atom stereocenters. The molecule has 2 N–H and O–H groups in total. The Morgan fingerprint density at radius 2 is 1.78 bits per heavy atom. The molecular formula is C17H23N2NaO6S. The molecule has 0 radical (unpaired) electrons. The average Bonchev–Trinajstić information content (AvgIpc) is 2.56. The maximum Gasteiger partial charge on any atom is 1.00 e. The van der Waals surface area contributed by atoms with Crippen LogP contribution in [-0.4, -0.2) is 30.8 Å². The van der Waals surface area contributed by atoms with Crippen LogP contribution >= 0.6 is 0 Å². The quantitative estimate of drug-likeness (QED) is 0.334. The van der Waals surface area contributed by atoms with E-state index >= 15 is 0 Å². The van der Waals surface area contributed by atoms with Gasteiger partial charge in [0.05, 0.1) is 10.9 Å². The minimum atomic E-state index is -4.00. The van der Waals surface area contributed by atoms with Crippen molar-refractivity contribution in [3.05, 3.63) is 30.3 Å². The van der Waals surface area contributed by atoms with E-state index in [1.807, 2.05) is 13.8 Å². The van der Waals surface area contributed by atoms with Gasteiger partial charge in [-0.15, -0.1) is 0 Å². The molecule has 2 unspecified atom stereocenters. The van der Waals surface area contributed by atoms with E-state index in [4.69, 9.17) is 4.55 Å². The number of benzene rings is 1. The van der Waals surface area contributed by atoms with Gasteiger partial charge in [0, 0.05) is 0 Å². The Balaban J connectivity index is 0.000000531. The second kappa shape index (κ2) is 10.9. The minimum absolute atomic E-state index is 0. The van der Waals surface area contributed by atoms with Crippen molar-refractivity contribution < 1.29 is 57.2 Å². The molecule has 0 spiro atoms. The number of carbonyl (C=O) groups is 2. The number of nitrogens with one attached hydrogen (secondary N) is 1. The van der Waals surface area contributed by atoms with Crippen LogP contribution in [0.25, 0.3) is 0 Å². The molecule has 0 aromatic heterocycles. The van der Waals surface area contributed by atoms with Gasteiger partial charge in [0.25, 0.3) is 16.0 Å². The Morgan fingerprint density at radius 1 is 1.22 bits per heavy atom. The summed E-state index contributed by atoms with van der Waals surface area (Å²) >= 11 is 0. The number of amides is 2. The number of amidine groups is 1. The third-order valence-electron chi connectivity index (χ3n) is 4.37. The van der Waals surface area contributed by atoms with Gasteiger partial charge in [-0.05, 0) is 30.9 Å². The number of rotatable bonds is 5. The smallest absolute Gasteiger partial charge is 0.846 e. The van der Waals surface area contributed by atoms with Crippen LogP contribution in [0, 0.1) is 11.3 Å². The fourth-order valence-corrected chi connectivity index (χ4v) is 3.39. The van der Waals surface area contributed by atoms with Gasteiger partial charge in [-0.2, -0.15) is 8.42 Å². The van der Waals surface area contributed by atoms with E-state index in [1.165, 1.54) is 12.1 Å². The second-order valence-corrected chi connectivity index (χ2v) is 7.40. The van der Waals surface area contributed by atoms with Crippen LogP contribution in [0.3, 0.4) is 0 Å². The molecule has 144 valence electrons. The largest absolute Gasteiger partial charge is 1.00 e. The van der Waals surface area contributed by atoms with Gasteiger partial charge in [-0.1, -0.05) is 45.4 Å². The van der Waals surface area contributed by atoms with Crippen LogP contribution in [-0.2, 0) is 19.7 Å². The number of nitrogens with zero attached hydrogens (tertiary/aromatic N) is 1. The van der Waals surface area contributed by atoms with E-state index in [2.05, 4.69) is 10.3 Å². The third-order valence-corrected chi connectivity index (χ3v) is 5.24. The third kappa shape index (κ3) is 6.39. The van der Waals surface area contributed by atoms with Gasteiger partial charge in [-0.25, -0.2) is 4.99 Å². The molecule has 10 heteroatoms.